The molecule has 0 radical (unpaired) electrons. The van der Waals surface area contributed by atoms with Crippen LogP contribution in [-0.4, -0.2) is 22.2 Å². The smallest absolute Gasteiger partial charge is 0.332 e. The molecular weight excluding hydrogens is 304 g/mol. The summed E-state index contributed by atoms with van der Waals surface area (Å²) in [6.07, 6.45) is 2.70. The third kappa shape index (κ3) is 2.42. The van der Waals surface area contributed by atoms with Crippen LogP contribution in [0, 0.1) is 11.3 Å². The number of rotatable bonds is 2. The highest BCUT2D eigenvalue weighted by atomic mass is 16.2. The molecule has 0 bridgehead atoms. The molecule has 0 aliphatic heterocycles. The quantitative estimate of drug-likeness (QED) is 0.824. The first kappa shape index (κ1) is 16.1. The Morgan fingerprint density at radius 1 is 1.17 bits per heavy atom. The Balaban J connectivity index is 2.06. The van der Waals surface area contributed by atoms with Gasteiger partial charge in [-0.15, -0.1) is 0 Å². The monoisotopic (exact) mass is 324 g/mol. The predicted octanol–water partition coefficient (Wildman–Crippen LogP) is 0.949. The van der Waals surface area contributed by atoms with Crippen LogP contribution in [0.5, 0.6) is 0 Å². The second-order valence-corrected chi connectivity index (χ2v) is 6.29. The lowest BCUT2D eigenvalue weighted by Gasteiger charge is -2.35. The minimum atomic E-state index is -0.543. The van der Waals surface area contributed by atoms with Gasteiger partial charge in [0.1, 0.15) is 11.9 Å². The van der Waals surface area contributed by atoms with Gasteiger partial charge < -0.3 is 4.90 Å². The summed E-state index contributed by atoms with van der Waals surface area (Å²) >= 11 is 0. The van der Waals surface area contributed by atoms with E-state index in [1.165, 1.54) is 22.7 Å². The maximum atomic E-state index is 12.3. The van der Waals surface area contributed by atoms with Crippen molar-refractivity contribution in [2.45, 2.75) is 25.3 Å². The van der Waals surface area contributed by atoms with Crippen molar-refractivity contribution < 1.29 is 0 Å². The van der Waals surface area contributed by atoms with E-state index in [1.807, 2.05) is 30.1 Å². The Morgan fingerprint density at radius 3 is 2.50 bits per heavy atom. The molecule has 1 aromatic carbocycles. The first-order valence-corrected chi connectivity index (χ1v) is 7.95. The van der Waals surface area contributed by atoms with E-state index in [9.17, 15) is 14.9 Å². The molecule has 0 N–H and O–H groups in total. The highest BCUT2D eigenvalue weighted by Crippen LogP contribution is 2.27. The van der Waals surface area contributed by atoms with Gasteiger partial charge in [0.15, 0.2) is 5.56 Å². The standard InChI is InChI=1S/C18H20N4O2/c1-20(14-9-8-12-6-4-5-7-13(12)10-14)16-15(11-19)17(23)22(3)18(24)21(16)2/h4-7,14H,8-10H2,1-3H3. The van der Waals surface area contributed by atoms with Crippen molar-refractivity contribution in [1.29, 1.82) is 5.26 Å². The van der Waals surface area contributed by atoms with Crippen molar-refractivity contribution in [3.63, 3.8) is 0 Å². The lowest BCUT2D eigenvalue weighted by atomic mass is 9.87. The van der Waals surface area contributed by atoms with Crippen molar-refractivity contribution in [2.75, 3.05) is 11.9 Å². The molecular formula is C18H20N4O2. The van der Waals surface area contributed by atoms with Crippen LogP contribution in [0.25, 0.3) is 0 Å². The highest BCUT2D eigenvalue weighted by Gasteiger charge is 2.27. The van der Waals surface area contributed by atoms with E-state index in [4.69, 9.17) is 0 Å². The van der Waals surface area contributed by atoms with E-state index in [2.05, 4.69) is 12.1 Å². The molecule has 1 aliphatic carbocycles. The van der Waals surface area contributed by atoms with Crippen LogP contribution in [0.3, 0.4) is 0 Å². The fourth-order valence-electron chi connectivity index (χ4n) is 3.53. The van der Waals surface area contributed by atoms with Crippen LogP contribution < -0.4 is 16.1 Å². The number of fused-ring (bicyclic) bond motifs is 1. The van der Waals surface area contributed by atoms with Gasteiger partial charge in [0.05, 0.1) is 0 Å². The third-order valence-corrected chi connectivity index (χ3v) is 4.95. The molecule has 1 aromatic heterocycles. The van der Waals surface area contributed by atoms with Crippen molar-refractivity contribution >= 4 is 5.82 Å². The summed E-state index contributed by atoms with van der Waals surface area (Å²) in [5, 5.41) is 9.44. The summed E-state index contributed by atoms with van der Waals surface area (Å²) in [5.74, 6) is 0.398. The molecule has 24 heavy (non-hydrogen) atoms. The van der Waals surface area contributed by atoms with E-state index in [-0.39, 0.29) is 11.6 Å². The molecule has 124 valence electrons. The topological polar surface area (TPSA) is 71.0 Å². The molecule has 1 aliphatic rings. The second-order valence-electron chi connectivity index (χ2n) is 6.29. The Bertz CT molecular complexity index is 949. The van der Waals surface area contributed by atoms with Crippen LogP contribution in [0.4, 0.5) is 5.82 Å². The molecule has 0 amide bonds. The van der Waals surface area contributed by atoms with Crippen LogP contribution in [0.15, 0.2) is 33.9 Å². The average molecular weight is 324 g/mol. The number of aryl methyl sites for hydroxylation is 1. The molecule has 6 heteroatoms. The lowest BCUT2D eigenvalue weighted by molar-refractivity contribution is 0.531. The van der Waals surface area contributed by atoms with Crippen molar-refractivity contribution in [3.8, 4) is 6.07 Å². The summed E-state index contributed by atoms with van der Waals surface area (Å²) in [6.45, 7) is 0. The predicted molar refractivity (Wildman–Crippen MR) is 92.3 cm³/mol. The highest BCUT2D eigenvalue weighted by molar-refractivity contribution is 5.54. The summed E-state index contributed by atoms with van der Waals surface area (Å²) in [5.41, 5.74) is 1.69. The van der Waals surface area contributed by atoms with E-state index in [0.717, 1.165) is 23.8 Å². The Morgan fingerprint density at radius 2 is 1.83 bits per heavy atom. The van der Waals surface area contributed by atoms with Gasteiger partial charge in [0, 0.05) is 27.2 Å². The van der Waals surface area contributed by atoms with E-state index >= 15 is 0 Å². The average Bonchev–Trinajstić information content (AvgIpc) is 2.61. The van der Waals surface area contributed by atoms with Crippen molar-refractivity contribution in [1.82, 2.24) is 9.13 Å². The Labute approximate surface area is 140 Å². The molecule has 1 heterocycles. The maximum Gasteiger partial charge on any atom is 0.332 e. The largest absolute Gasteiger partial charge is 0.356 e. The van der Waals surface area contributed by atoms with E-state index < -0.39 is 11.2 Å². The SMILES string of the molecule is CN(c1c(C#N)c(=O)n(C)c(=O)n1C)C1CCc2ccccc2C1. The lowest BCUT2D eigenvalue weighted by Crippen LogP contribution is -2.45. The van der Waals surface area contributed by atoms with Crippen molar-refractivity contribution in [2.24, 2.45) is 14.1 Å². The summed E-state index contributed by atoms with van der Waals surface area (Å²) < 4.78 is 2.37. The van der Waals surface area contributed by atoms with Crippen molar-refractivity contribution in [3.05, 3.63) is 61.8 Å². The van der Waals surface area contributed by atoms with Crippen LogP contribution in [0.2, 0.25) is 0 Å². The number of hydrogen-bond donors (Lipinski definition) is 0. The molecule has 0 fully saturated rings. The minimum absolute atomic E-state index is 0.0148. The molecule has 3 rings (SSSR count). The summed E-state index contributed by atoms with van der Waals surface area (Å²) in [7, 11) is 4.85. The van der Waals surface area contributed by atoms with Gasteiger partial charge in [-0.3, -0.25) is 13.9 Å². The first-order chi connectivity index (χ1) is 11.5. The van der Waals surface area contributed by atoms with Gasteiger partial charge in [-0.05, 0) is 30.4 Å². The summed E-state index contributed by atoms with van der Waals surface area (Å²) in [6, 6.07) is 10.4. The number of nitrogens with zero attached hydrogens (tertiary/aromatic N) is 4. The molecule has 1 unspecified atom stereocenters. The number of anilines is 1. The van der Waals surface area contributed by atoms with Gasteiger partial charge in [0.25, 0.3) is 5.56 Å². The zero-order chi connectivity index (χ0) is 17.4. The number of benzene rings is 1. The van der Waals surface area contributed by atoms with Crippen LogP contribution in [0.1, 0.15) is 23.1 Å². The number of nitriles is 1. The third-order valence-electron chi connectivity index (χ3n) is 4.95. The Hall–Kier alpha value is -2.81. The minimum Gasteiger partial charge on any atom is -0.356 e. The first-order valence-electron chi connectivity index (χ1n) is 7.95. The van der Waals surface area contributed by atoms with Gasteiger partial charge in [-0.1, -0.05) is 24.3 Å². The molecule has 1 atom stereocenters. The van der Waals surface area contributed by atoms with Gasteiger partial charge in [-0.25, -0.2) is 4.79 Å². The fraction of sp³-hybridized carbons (Fsp3) is 0.389. The van der Waals surface area contributed by atoms with Gasteiger partial charge in [-0.2, -0.15) is 5.26 Å². The second kappa shape index (κ2) is 6.00. The molecule has 0 saturated carbocycles. The number of hydrogen-bond acceptors (Lipinski definition) is 4. The van der Waals surface area contributed by atoms with E-state index in [0.29, 0.717) is 5.82 Å². The number of aromatic nitrogens is 2. The van der Waals surface area contributed by atoms with Gasteiger partial charge >= 0.3 is 5.69 Å². The molecule has 0 saturated heterocycles. The maximum absolute atomic E-state index is 12.3. The fourth-order valence-corrected chi connectivity index (χ4v) is 3.53. The molecule has 6 nitrogen and oxygen atoms in total. The number of likely N-dealkylation sites (N-methyl/N-ethyl adjacent to an activating group) is 1. The normalized spacial score (nSPS) is 16.3. The van der Waals surface area contributed by atoms with Gasteiger partial charge in [0.2, 0.25) is 0 Å². The van der Waals surface area contributed by atoms with E-state index in [1.54, 1.807) is 7.05 Å². The Kier molecular flexibility index (Phi) is 4.02. The summed E-state index contributed by atoms with van der Waals surface area (Å²) in [4.78, 5) is 26.4. The zero-order valence-electron chi connectivity index (χ0n) is 14.1. The molecule has 2 aromatic rings. The van der Waals surface area contributed by atoms with Crippen LogP contribution in [-0.2, 0) is 26.9 Å². The zero-order valence-corrected chi connectivity index (χ0v) is 14.1. The van der Waals surface area contributed by atoms with Crippen LogP contribution >= 0.6 is 0 Å². The molecule has 0 spiro atoms.